The first-order valence-corrected chi connectivity index (χ1v) is 28.4. The molecule has 0 aromatic rings. The number of aliphatic hydroxyl groups is 2. The third-order valence-corrected chi connectivity index (χ3v) is 13.8. The van der Waals surface area contributed by atoms with Crippen LogP contribution in [0.25, 0.3) is 0 Å². The van der Waals surface area contributed by atoms with Crippen molar-refractivity contribution >= 4 is 0 Å². The fourth-order valence-corrected chi connectivity index (χ4v) is 9.82. The highest BCUT2D eigenvalue weighted by molar-refractivity contribution is 4.82. The first-order valence-electron chi connectivity index (χ1n) is 28.4. The fourth-order valence-electron chi connectivity index (χ4n) is 9.82. The van der Waals surface area contributed by atoms with Gasteiger partial charge in [0.2, 0.25) is 0 Å². The zero-order chi connectivity index (χ0) is 50.9. The highest BCUT2D eigenvalue weighted by Crippen LogP contribution is 2.12. The van der Waals surface area contributed by atoms with Gasteiger partial charge in [0.1, 0.15) is 0 Å². The van der Waals surface area contributed by atoms with Crippen LogP contribution in [0.15, 0.2) is 0 Å². The number of ether oxygens (including phenoxy) is 6. The molecule has 2 saturated heterocycles. The van der Waals surface area contributed by atoms with E-state index < -0.39 is 12.2 Å². The molecule has 17 nitrogen and oxygen atoms in total. The van der Waals surface area contributed by atoms with Crippen molar-refractivity contribution in [3.05, 3.63) is 0 Å². The molecule has 0 aromatic heterocycles. The molecule has 0 saturated carbocycles. The standard InChI is InChI=1S/C53H113N9O8/c1-9-16-55-24-23-54(14-6)21-15-22-60(34-31-57(18-11-3)28-25-55)45-52(63)47-62(51(49-69-43-41-67-39-37-65-7)50-70-44-42-68-40-38-66-8)48-53(64)46-61-35-32-58(19-12-4)29-26-56(17-10-2)27-30-59(20-13-5)33-36-61/h51-53,63-64H,9-50H2,1-8H3. The van der Waals surface area contributed by atoms with Gasteiger partial charge in [-0.1, -0.05) is 41.5 Å². The molecule has 2 N–H and O–H groups in total. The van der Waals surface area contributed by atoms with Crippen LogP contribution in [0.2, 0.25) is 0 Å². The minimum absolute atomic E-state index is 0.209. The van der Waals surface area contributed by atoms with Crippen LogP contribution in [-0.4, -0.2) is 323 Å². The predicted octanol–water partition coefficient (Wildman–Crippen LogP) is 2.64. The van der Waals surface area contributed by atoms with Crippen LogP contribution in [0.4, 0.5) is 0 Å². The summed E-state index contributed by atoms with van der Waals surface area (Å²) >= 11 is 0. The Morgan fingerprint density at radius 2 is 0.657 bits per heavy atom. The van der Waals surface area contributed by atoms with Crippen LogP contribution in [0, 0.1) is 0 Å². The molecule has 0 amide bonds. The maximum absolute atomic E-state index is 12.3. The molecule has 0 spiro atoms. The maximum atomic E-state index is 12.3. The lowest BCUT2D eigenvalue weighted by Gasteiger charge is -2.38. The normalized spacial score (nSPS) is 20.1. The lowest BCUT2D eigenvalue weighted by atomic mass is 10.1. The number of likely N-dealkylation sites (N-methyl/N-ethyl adjacent to an activating group) is 1. The van der Waals surface area contributed by atoms with Gasteiger partial charge in [0.25, 0.3) is 0 Å². The zero-order valence-corrected chi connectivity index (χ0v) is 46.8. The molecule has 418 valence electrons. The molecule has 2 heterocycles. The first kappa shape index (κ1) is 65.4. The number of methoxy groups -OCH3 is 2. The Balaban J connectivity index is 2.39. The molecule has 2 aliphatic rings. The van der Waals surface area contributed by atoms with E-state index in [-0.39, 0.29) is 6.04 Å². The Morgan fingerprint density at radius 3 is 0.986 bits per heavy atom. The second-order valence-corrected chi connectivity index (χ2v) is 19.9. The van der Waals surface area contributed by atoms with Gasteiger partial charge in [-0.25, -0.2) is 0 Å². The van der Waals surface area contributed by atoms with Crippen LogP contribution in [0.3, 0.4) is 0 Å². The van der Waals surface area contributed by atoms with E-state index in [4.69, 9.17) is 28.4 Å². The smallest absolute Gasteiger partial charge is 0.0793 e. The summed E-state index contributed by atoms with van der Waals surface area (Å²) in [4.78, 5) is 23.0. The van der Waals surface area contributed by atoms with E-state index in [0.717, 1.165) is 170 Å². The quantitative estimate of drug-likeness (QED) is 0.0894. The van der Waals surface area contributed by atoms with E-state index in [2.05, 4.69) is 85.6 Å². The minimum Gasteiger partial charge on any atom is -0.390 e. The average molecular weight is 1000 g/mol. The average Bonchev–Trinajstić information content (AvgIpc) is 3.36. The van der Waals surface area contributed by atoms with Crippen molar-refractivity contribution in [1.29, 1.82) is 0 Å². The SMILES string of the molecule is CCCN1CCN(CC)CCCN(CC(O)CN(CC(O)CN2CCN(CCC)CCN(CCC)CCN(CCC)CC2)C(COCCOCCOC)COCCOCCOC)CCN(CCC)CC1. The third kappa shape index (κ3) is 32.6. The summed E-state index contributed by atoms with van der Waals surface area (Å²) in [6.45, 7) is 43.3. The third-order valence-electron chi connectivity index (χ3n) is 13.8. The van der Waals surface area contributed by atoms with E-state index in [0.29, 0.717) is 92.2 Å². The molecular weight excluding hydrogens is 891 g/mol. The van der Waals surface area contributed by atoms with Crippen LogP contribution >= 0.6 is 0 Å². The van der Waals surface area contributed by atoms with Crippen molar-refractivity contribution < 1.29 is 38.6 Å². The van der Waals surface area contributed by atoms with Crippen molar-refractivity contribution in [3.8, 4) is 0 Å². The van der Waals surface area contributed by atoms with Crippen LogP contribution in [-0.2, 0) is 28.4 Å². The van der Waals surface area contributed by atoms with E-state index in [1.807, 2.05) is 0 Å². The molecule has 2 unspecified atom stereocenters. The number of β-amino-alcohol motifs (C(OH)–C–C–N with tert-alkyl or cyclic N) is 2. The van der Waals surface area contributed by atoms with Gasteiger partial charge in [-0.3, -0.25) is 14.7 Å². The van der Waals surface area contributed by atoms with Crippen molar-refractivity contribution in [2.24, 2.45) is 0 Å². The fraction of sp³-hybridized carbons (Fsp3) is 1.00. The summed E-state index contributed by atoms with van der Waals surface area (Å²) < 4.78 is 34.5. The molecule has 0 radical (unpaired) electrons. The molecule has 0 aromatic carbocycles. The number of aliphatic hydroxyl groups excluding tert-OH is 2. The van der Waals surface area contributed by atoms with Gasteiger partial charge in [-0.15, -0.1) is 0 Å². The van der Waals surface area contributed by atoms with Gasteiger partial charge in [-0.2, -0.15) is 0 Å². The van der Waals surface area contributed by atoms with E-state index in [9.17, 15) is 10.2 Å². The molecule has 2 atom stereocenters. The summed E-state index contributed by atoms with van der Waals surface area (Å²) in [5, 5.41) is 24.5. The van der Waals surface area contributed by atoms with Gasteiger partial charge >= 0.3 is 0 Å². The lowest BCUT2D eigenvalue weighted by Crippen LogP contribution is -2.53. The molecule has 2 rings (SSSR count). The van der Waals surface area contributed by atoms with Crippen molar-refractivity contribution in [3.63, 3.8) is 0 Å². The number of nitrogens with zero attached hydrogens (tertiary/aromatic N) is 9. The molecule has 2 aliphatic heterocycles. The largest absolute Gasteiger partial charge is 0.390 e. The number of hydrogen-bond acceptors (Lipinski definition) is 17. The Labute approximate surface area is 430 Å². The lowest BCUT2D eigenvalue weighted by molar-refractivity contribution is -0.0513. The summed E-state index contributed by atoms with van der Waals surface area (Å²) in [5.41, 5.74) is 0. The molecule has 17 heteroatoms. The molecule has 2 fully saturated rings. The van der Waals surface area contributed by atoms with Crippen molar-refractivity contribution in [1.82, 2.24) is 44.1 Å². The molecule has 70 heavy (non-hydrogen) atoms. The minimum atomic E-state index is -0.642. The Morgan fingerprint density at radius 1 is 0.371 bits per heavy atom. The first-order chi connectivity index (χ1) is 34.2. The Bertz CT molecular complexity index is 1110. The van der Waals surface area contributed by atoms with E-state index in [1.165, 1.54) is 12.8 Å². The number of rotatable bonds is 36. The van der Waals surface area contributed by atoms with Gasteiger partial charge in [-0.05, 0) is 90.9 Å². The van der Waals surface area contributed by atoms with Crippen molar-refractivity contribution in [2.45, 2.75) is 98.3 Å². The highest BCUT2D eigenvalue weighted by Gasteiger charge is 2.28. The van der Waals surface area contributed by atoms with Crippen LogP contribution < -0.4 is 0 Å². The monoisotopic (exact) mass is 1000 g/mol. The second-order valence-electron chi connectivity index (χ2n) is 19.9. The summed E-state index contributed by atoms with van der Waals surface area (Å²) in [5.74, 6) is 0. The predicted molar refractivity (Wildman–Crippen MR) is 288 cm³/mol. The van der Waals surface area contributed by atoms with Gasteiger partial charge in [0, 0.05) is 132 Å². The number of hydrogen-bond donors (Lipinski definition) is 2. The Kier molecular flexibility index (Phi) is 41.7. The van der Waals surface area contributed by atoms with Crippen molar-refractivity contribution in [2.75, 3.05) is 250 Å². The van der Waals surface area contributed by atoms with E-state index in [1.54, 1.807) is 14.2 Å². The van der Waals surface area contributed by atoms with Gasteiger partial charge in [0.05, 0.1) is 84.3 Å². The van der Waals surface area contributed by atoms with Gasteiger partial charge < -0.3 is 68.0 Å². The molecular formula is C53H113N9O8. The van der Waals surface area contributed by atoms with Crippen LogP contribution in [0.1, 0.15) is 80.1 Å². The summed E-state index contributed by atoms with van der Waals surface area (Å²) in [6, 6.07) is -0.209. The summed E-state index contributed by atoms with van der Waals surface area (Å²) in [7, 11) is 3.35. The molecule has 0 aliphatic carbocycles. The topological polar surface area (TPSA) is 125 Å². The second kappa shape index (κ2) is 44.6. The van der Waals surface area contributed by atoms with Gasteiger partial charge in [0.15, 0.2) is 0 Å². The van der Waals surface area contributed by atoms with Crippen LogP contribution in [0.5, 0.6) is 0 Å². The van der Waals surface area contributed by atoms with E-state index >= 15 is 0 Å². The maximum Gasteiger partial charge on any atom is 0.0793 e. The summed E-state index contributed by atoms with van der Waals surface area (Å²) in [6.07, 6.45) is 5.53. The molecule has 0 bridgehead atoms. The Hall–Kier alpha value is -0.680. The highest BCUT2D eigenvalue weighted by atomic mass is 16.5. The zero-order valence-electron chi connectivity index (χ0n) is 46.8.